The van der Waals surface area contributed by atoms with E-state index in [1.54, 1.807) is 4.90 Å². The Labute approximate surface area is 97.5 Å². The predicted molar refractivity (Wildman–Crippen MR) is 68.0 cm³/mol. The molecule has 0 aliphatic carbocycles. The van der Waals surface area contributed by atoms with E-state index in [4.69, 9.17) is 0 Å². The van der Waals surface area contributed by atoms with Crippen molar-refractivity contribution in [1.29, 1.82) is 0 Å². The molecule has 1 N–H and O–H groups in total. The maximum atomic E-state index is 12.0. The summed E-state index contributed by atoms with van der Waals surface area (Å²) in [6.07, 6.45) is 0. The van der Waals surface area contributed by atoms with Crippen molar-refractivity contribution in [2.45, 2.75) is 26.8 Å². The average Bonchev–Trinajstić information content (AvgIpc) is 2.26. The van der Waals surface area contributed by atoms with Gasteiger partial charge in [0.05, 0.1) is 0 Å². The van der Waals surface area contributed by atoms with Crippen LogP contribution in [0.3, 0.4) is 0 Å². The molecule has 16 heavy (non-hydrogen) atoms. The monoisotopic (exact) mass is 220 g/mol. The number of amides is 1. The quantitative estimate of drug-likeness (QED) is 0.849. The smallest absolute Gasteiger partial charge is 0.253 e. The highest BCUT2D eigenvalue weighted by Gasteiger charge is 2.14. The zero-order valence-corrected chi connectivity index (χ0v) is 10.7. The van der Waals surface area contributed by atoms with Crippen LogP contribution in [0.2, 0.25) is 0 Å². The highest BCUT2D eigenvalue weighted by molar-refractivity contribution is 5.94. The van der Waals surface area contributed by atoms with Gasteiger partial charge in [0.15, 0.2) is 0 Å². The van der Waals surface area contributed by atoms with Crippen LogP contribution < -0.4 is 5.32 Å². The first-order valence-electron chi connectivity index (χ1n) is 5.53. The van der Waals surface area contributed by atoms with Crippen LogP contribution in [0, 0.1) is 6.92 Å². The largest absolute Gasteiger partial charge is 0.388 e. The molecule has 0 saturated carbocycles. The van der Waals surface area contributed by atoms with Crippen molar-refractivity contribution in [2.75, 3.05) is 19.4 Å². The number of hydrogen-bond acceptors (Lipinski definition) is 2. The third-order valence-corrected chi connectivity index (χ3v) is 2.84. The minimum Gasteiger partial charge on any atom is -0.388 e. The lowest BCUT2D eigenvalue weighted by atomic mass is 10.1. The van der Waals surface area contributed by atoms with Gasteiger partial charge in [0.25, 0.3) is 5.91 Å². The molecule has 0 saturated heterocycles. The van der Waals surface area contributed by atoms with Crippen molar-refractivity contribution < 1.29 is 4.79 Å². The minimum absolute atomic E-state index is 0.0701. The van der Waals surface area contributed by atoms with Crippen LogP contribution in [-0.2, 0) is 0 Å². The number of nitrogens with zero attached hydrogens (tertiary/aromatic N) is 1. The maximum Gasteiger partial charge on any atom is 0.253 e. The van der Waals surface area contributed by atoms with Gasteiger partial charge in [0, 0.05) is 31.4 Å². The van der Waals surface area contributed by atoms with E-state index in [0.29, 0.717) is 0 Å². The second-order valence-electron chi connectivity index (χ2n) is 4.29. The molecule has 0 atom stereocenters. The molecule has 0 fully saturated rings. The molecule has 0 heterocycles. The van der Waals surface area contributed by atoms with Crippen molar-refractivity contribution >= 4 is 11.6 Å². The number of anilines is 1. The van der Waals surface area contributed by atoms with E-state index < -0.39 is 0 Å². The maximum absolute atomic E-state index is 12.0. The van der Waals surface area contributed by atoms with E-state index in [9.17, 15) is 4.79 Å². The summed E-state index contributed by atoms with van der Waals surface area (Å²) >= 11 is 0. The van der Waals surface area contributed by atoms with Crippen LogP contribution >= 0.6 is 0 Å². The Bertz CT molecular complexity index is 386. The number of nitrogens with one attached hydrogen (secondary N) is 1. The number of benzene rings is 1. The van der Waals surface area contributed by atoms with E-state index in [-0.39, 0.29) is 11.9 Å². The molecule has 0 radical (unpaired) electrons. The van der Waals surface area contributed by atoms with Gasteiger partial charge in [-0.05, 0) is 44.5 Å². The highest BCUT2D eigenvalue weighted by atomic mass is 16.2. The molecule has 0 aliphatic heterocycles. The molecule has 0 aromatic heterocycles. The second kappa shape index (κ2) is 5.01. The van der Waals surface area contributed by atoms with Gasteiger partial charge in [-0.15, -0.1) is 0 Å². The van der Waals surface area contributed by atoms with Crippen LogP contribution in [0.4, 0.5) is 5.69 Å². The van der Waals surface area contributed by atoms with Crippen LogP contribution in [-0.4, -0.2) is 30.9 Å². The molecule has 1 aromatic carbocycles. The number of rotatable bonds is 3. The second-order valence-corrected chi connectivity index (χ2v) is 4.29. The summed E-state index contributed by atoms with van der Waals surface area (Å²) in [5.74, 6) is 0.0701. The molecule has 1 aromatic rings. The topological polar surface area (TPSA) is 32.3 Å². The molecule has 3 nitrogen and oxygen atoms in total. The summed E-state index contributed by atoms with van der Waals surface area (Å²) in [6, 6.07) is 5.95. The van der Waals surface area contributed by atoms with E-state index >= 15 is 0 Å². The Balaban J connectivity index is 2.97. The predicted octanol–water partition coefficient (Wildman–Crippen LogP) is 2.52. The lowest BCUT2D eigenvalue weighted by Gasteiger charge is -2.21. The standard InChI is InChI=1S/C13H20N2O/c1-9(2)15(5)13(16)11-6-7-12(14-4)10(3)8-11/h6-9,14H,1-5H3. The normalized spacial score (nSPS) is 10.4. The molecule has 1 rings (SSSR count). The lowest BCUT2D eigenvalue weighted by Crippen LogP contribution is -2.32. The average molecular weight is 220 g/mol. The van der Waals surface area contributed by atoms with Crippen LogP contribution in [0.25, 0.3) is 0 Å². The van der Waals surface area contributed by atoms with Gasteiger partial charge in [-0.1, -0.05) is 0 Å². The molecule has 0 aliphatic rings. The summed E-state index contributed by atoms with van der Waals surface area (Å²) in [7, 11) is 3.71. The summed E-state index contributed by atoms with van der Waals surface area (Å²) < 4.78 is 0. The number of aryl methyl sites for hydroxylation is 1. The Hall–Kier alpha value is -1.51. The van der Waals surface area contributed by atoms with Crippen molar-refractivity contribution in [1.82, 2.24) is 4.90 Å². The van der Waals surface area contributed by atoms with E-state index in [2.05, 4.69) is 5.32 Å². The fourth-order valence-corrected chi connectivity index (χ4v) is 1.52. The molecule has 1 amide bonds. The zero-order chi connectivity index (χ0) is 12.3. The van der Waals surface area contributed by atoms with Gasteiger partial charge >= 0.3 is 0 Å². The van der Waals surface area contributed by atoms with E-state index in [1.165, 1.54) is 0 Å². The van der Waals surface area contributed by atoms with E-state index in [1.807, 2.05) is 53.1 Å². The molecule has 88 valence electrons. The van der Waals surface area contributed by atoms with Crippen LogP contribution in [0.5, 0.6) is 0 Å². The lowest BCUT2D eigenvalue weighted by molar-refractivity contribution is 0.0755. The molecule has 0 unspecified atom stereocenters. The van der Waals surface area contributed by atoms with E-state index in [0.717, 1.165) is 16.8 Å². The Kier molecular flexibility index (Phi) is 3.93. The number of carbonyl (C=O) groups is 1. The van der Waals surface area contributed by atoms with Crippen molar-refractivity contribution in [3.05, 3.63) is 29.3 Å². The first kappa shape index (κ1) is 12.6. The minimum atomic E-state index is 0.0701. The van der Waals surface area contributed by atoms with Gasteiger partial charge < -0.3 is 10.2 Å². The molecule has 3 heteroatoms. The molecule has 0 spiro atoms. The Morgan fingerprint density at radius 2 is 2.00 bits per heavy atom. The van der Waals surface area contributed by atoms with Gasteiger partial charge in [0.2, 0.25) is 0 Å². The summed E-state index contributed by atoms with van der Waals surface area (Å²) in [6.45, 7) is 6.01. The zero-order valence-electron chi connectivity index (χ0n) is 10.7. The van der Waals surface area contributed by atoms with Gasteiger partial charge in [-0.2, -0.15) is 0 Å². The van der Waals surface area contributed by atoms with Gasteiger partial charge in [0.1, 0.15) is 0 Å². The third-order valence-electron chi connectivity index (χ3n) is 2.84. The summed E-state index contributed by atoms with van der Waals surface area (Å²) in [5.41, 5.74) is 2.89. The summed E-state index contributed by atoms with van der Waals surface area (Å²) in [4.78, 5) is 13.8. The fraction of sp³-hybridized carbons (Fsp3) is 0.462. The van der Waals surface area contributed by atoms with Crippen molar-refractivity contribution in [3.8, 4) is 0 Å². The fourth-order valence-electron chi connectivity index (χ4n) is 1.52. The van der Waals surface area contributed by atoms with Crippen LogP contribution in [0.15, 0.2) is 18.2 Å². The van der Waals surface area contributed by atoms with Crippen molar-refractivity contribution in [2.24, 2.45) is 0 Å². The van der Waals surface area contributed by atoms with Gasteiger partial charge in [-0.25, -0.2) is 0 Å². The SMILES string of the molecule is CNc1ccc(C(=O)N(C)C(C)C)cc1C. The van der Waals surface area contributed by atoms with Gasteiger partial charge in [-0.3, -0.25) is 4.79 Å². The van der Waals surface area contributed by atoms with Crippen LogP contribution in [0.1, 0.15) is 29.8 Å². The molecular formula is C13H20N2O. The van der Waals surface area contributed by atoms with Crippen molar-refractivity contribution in [3.63, 3.8) is 0 Å². The number of carbonyl (C=O) groups excluding carboxylic acids is 1. The Morgan fingerprint density at radius 1 is 1.38 bits per heavy atom. The molecular weight excluding hydrogens is 200 g/mol. The molecule has 0 bridgehead atoms. The number of hydrogen-bond donors (Lipinski definition) is 1. The summed E-state index contributed by atoms with van der Waals surface area (Å²) in [5, 5.41) is 3.09. The highest BCUT2D eigenvalue weighted by Crippen LogP contribution is 2.17. The first-order valence-corrected chi connectivity index (χ1v) is 5.53. The Morgan fingerprint density at radius 3 is 2.44 bits per heavy atom. The third kappa shape index (κ3) is 2.54. The first-order chi connectivity index (χ1) is 7.47.